The lowest BCUT2D eigenvalue weighted by Crippen LogP contribution is -2.64. The zero-order valence-electron chi connectivity index (χ0n) is 15.3. The lowest BCUT2D eigenvalue weighted by atomic mass is 9.96. The number of hydrogen-bond acceptors (Lipinski definition) is 6. The summed E-state index contributed by atoms with van der Waals surface area (Å²) in [7, 11) is 0. The van der Waals surface area contributed by atoms with E-state index in [9.17, 15) is 9.59 Å². The molecule has 138 valence electrons. The normalized spacial score (nSPS) is 16.8. The highest BCUT2D eigenvalue weighted by Crippen LogP contribution is 2.24. The number of aromatic nitrogens is 3. The number of nitrogens with zero attached hydrogens (tertiary/aromatic N) is 5. The van der Waals surface area contributed by atoms with Gasteiger partial charge in [0.15, 0.2) is 0 Å². The third-order valence-corrected chi connectivity index (χ3v) is 4.72. The largest absolute Gasteiger partial charge is 0.339 e. The predicted octanol–water partition coefficient (Wildman–Crippen LogP) is 1.53. The number of aryl methyl sites for hydroxylation is 1. The van der Waals surface area contributed by atoms with Gasteiger partial charge in [-0.1, -0.05) is 5.16 Å². The highest BCUT2D eigenvalue weighted by Gasteiger charge is 2.43. The number of amides is 2. The van der Waals surface area contributed by atoms with Gasteiger partial charge in [0.25, 0.3) is 0 Å². The van der Waals surface area contributed by atoms with Gasteiger partial charge >= 0.3 is 0 Å². The van der Waals surface area contributed by atoms with Crippen LogP contribution in [0.25, 0.3) is 11.4 Å². The lowest BCUT2D eigenvalue weighted by molar-refractivity contribution is -0.158. The topological polar surface area (TPSA) is 92.4 Å². The van der Waals surface area contributed by atoms with E-state index >= 15 is 0 Å². The Morgan fingerprint density at radius 2 is 2.00 bits per heavy atom. The fourth-order valence-corrected chi connectivity index (χ4v) is 3.17. The molecule has 3 rings (SSSR count). The van der Waals surface area contributed by atoms with Crippen molar-refractivity contribution in [3.05, 3.63) is 30.4 Å². The summed E-state index contributed by atoms with van der Waals surface area (Å²) in [5.41, 5.74) is -0.0219. The number of pyridine rings is 1. The summed E-state index contributed by atoms with van der Waals surface area (Å²) >= 11 is 0. The van der Waals surface area contributed by atoms with Gasteiger partial charge in [-0.15, -0.1) is 0 Å². The van der Waals surface area contributed by atoms with Crippen LogP contribution in [0, 0.1) is 0 Å². The van der Waals surface area contributed by atoms with Crippen molar-refractivity contribution in [1.29, 1.82) is 0 Å². The molecule has 0 atom stereocenters. The first-order chi connectivity index (χ1) is 12.4. The molecule has 1 aliphatic rings. The molecule has 0 bridgehead atoms. The maximum absolute atomic E-state index is 12.7. The maximum atomic E-state index is 12.7. The molecule has 26 heavy (non-hydrogen) atoms. The van der Waals surface area contributed by atoms with Gasteiger partial charge in [0.1, 0.15) is 5.54 Å². The van der Waals surface area contributed by atoms with Crippen molar-refractivity contribution in [2.75, 3.05) is 19.6 Å². The van der Waals surface area contributed by atoms with Gasteiger partial charge in [0.05, 0.1) is 0 Å². The highest BCUT2D eigenvalue weighted by molar-refractivity contribution is 5.92. The molecule has 1 aliphatic heterocycles. The Kier molecular flexibility index (Phi) is 5.01. The Hall–Kier alpha value is -2.77. The molecule has 8 heteroatoms. The summed E-state index contributed by atoms with van der Waals surface area (Å²) in [5.74, 6) is 0.781. The first-order valence-electron chi connectivity index (χ1n) is 8.76. The standard InChI is InChI=1S/C18H23N5O3/c1-4-22-11-12-23(18(2,3)17(22)25)15(24)6-5-14-20-16(21-26-14)13-7-9-19-10-8-13/h7-10H,4-6,11-12H2,1-3H3. The minimum Gasteiger partial charge on any atom is -0.339 e. The van der Waals surface area contributed by atoms with Crippen molar-refractivity contribution in [2.45, 2.75) is 39.2 Å². The van der Waals surface area contributed by atoms with E-state index in [-0.39, 0.29) is 18.2 Å². The second-order valence-electron chi connectivity index (χ2n) is 6.74. The molecule has 0 aromatic carbocycles. The zero-order valence-corrected chi connectivity index (χ0v) is 15.3. The van der Waals surface area contributed by atoms with Crippen LogP contribution in [0.3, 0.4) is 0 Å². The quantitative estimate of drug-likeness (QED) is 0.806. The average Bonchev–Trinajstić information content (AvgIpc) is 3.12. The number of piperazine rings is 1. The molecule has 2 aromatic heterocycles. The molecule has 0 unspecified atom stereocenters. The number of likely N-dealkylation sites (N-methyl/N-ethyl adjacent to an activating group) is 1. The molecule has 0 radical (unpaired) electrons. The van der Waals surface area contributed by atoms with Crippen molar-refractivity contribution < 1.29 is 14.1 Å². The van der Waals surface area contributed by atoms with Crippen LogP contribution in [0.15, 0.2) is 29.0 Å². The van der Waals surface area contributed by atoms with Crippen LogP contribution in [0.1, 0.15) is 33.1 Å². The van der Waals surface area contributed by atoms with Gasteiger partial charge in [0, 0.05) is 50.4 Å². The predicted molar refractivity (Wildman–Crippen MR) is 93.9 cm³/mol. The highest BCUT2D eigenvalue weighted by atomic mass is 16.5. The van der Waals surface area contributed by atoms with Crippen molar-refractivity contribution in [3.8, 4) is 11.4 Å². The van der Waals surface area contributed by atoms with Gasteiger partial charge < -0.3 is 14.3 Å². The van der Waals surface area contributed by atoms with Crippen LogP contribution in [0.5, 0.6) is 0 Å². The molecule has 0 saturated carbocycles. The molecule has 0 aliphatic carbocycles. The van der Waals surface area contributed by atoms with Crippen molar-refractivity contribution in [3.63, 3.8) is 0 Å². The summed E-state index contributed by atoms with van der Waals surface area (Å²) in [6.07, 6.45) is 3.88. The van der Waals surface area contributed by atoms with Crippen LogP contribution in [0.2, 0.25) is 0 Å². The van der Waals surface area contributed by atoms with Gasteiger partial charge in [-0.05, 0) is 32.9 Å². The molecule has 2 amide bonds. The number of carbonyl (C=O) groups excluding carboxylic acids is 2. The Labute approximate surface area is 152 Å². The molecule has 3 heterocycles. The Balaban J connectivity index is 1.63. The summed E-state index contributed by atoms with van der Waals surface area (Å²) in [4.78, 5) is 36.9. The van der Waals surface area contributed by atoms with Crippen LogP contribution < -0.4 is 0 Å². The first kappa shape index (κ1) is 18.0. The molecular formula is C18H23N5O3. The van der Waals surface area contributed by atoms with E-state index in [1.807, 2.05) is 6.92 Å². The third-order valence-electron chi connectivity index (χ3n) is 4.72. The van der Waals surface area contributed by atoms with Crippen molar-refractivity contribution in [1.82, 2.24) is 24.9 Å². The van der Waals surface area contributed by atoms with Crippen molar-refractivity contribution in [2.24, 2.45) is 0 Å². The summed E-state index contributed by atoms with van der Waals surface area (Å²) < 4.78 is 5.24. The second-order valence-corrected chi connectivity index (χ2v) is 6.74. The van der Waals surface area contributed by atoms with Crippen LogP contribution in [0.4, 0.5) is 0 Å². The van der Waals surface area contributed by atoms with E-state index < -0.39 is 5.54 Å². The number of carbonyl (C=O) groups is 2. The minimum absolute atomic E-state index is 0.0163. The SMILES string of the molecule is CCN1CCN(C(=O)CCc2nc(-c3ccncc3)no2)C(C)(C)C1=O. The average molecular weight is 357 g/mol. The summed E-state index contributed by atoms with van der Waals surface area (Å²) in [6, 6.07) is 3.59. The molecule has 1 fully saturated rings. The van der Waals surface area contributed by atoms with Crippen LogP contribution >= 0.6 is 0 Å². The van der Waals surface area contributed by atoms with E-state index in [0.717, 1.165) is 5.56 Å². The maximum Gasteiger partial charge on any atom is 0.248 e. The molecule has 0 N–H and O–H groups in total. The molecular weight excluding hydrogens is 334 g/mol. The molecule has 8 nitrogen and oxygen atoms in total. The smallest absolute Gasteiger partial charge is 0.248 e. The van der Waals surface area contributed by atoms with E-state index in [4.69, 9.17) is 4.52 Å². The lowest BCUT2D eigenvalue weighted by Gasteiger charge is -2.45. The Morgan fingerprint density at radius 3 is 2.69 bits per heavy atom. The van der Waals surface area contributed by atoms with Gasteiger partial charge in [-0.3, -0.25) is 14.6 Å². The molecule has 2 aromatic rings. The van der Waals surface area contributed by atoms with Gasteiger partial charge in [0.2, 0.25) is 23.5 Å². The first-order valence-corrected chi connectivity index (χ1v) is 8.76. The van der Waals surface area contributed by atoms with E-state index in [0.29, 0.717) is 37.8 Å². The van der Waals surface area contributed by atoms with E-state index in [1.54, 1.807) is 48.2 Å². The minimum atomic E-state index is -0.831. The Morgan fingerprint density at radius 1 is 1.27 bits per heavy atom. The molecule has 1 saturated heterocycles. The molecule has 0 spiro atoms. The summed E-state index contributed by atoms with van der Waals surface area (Å²) in [6.45, 7) is 7.30. The summed E-state index contributed by atoms with van der Waals surface area (Å²) in [5, 5.41) is 3.94. The third kappa shape index (κ3) is 3.44. The van der Waals surface area contributed by atoms with Crippen molar-refractivity contribution >= 4 is 11.8 Å². The van der Waals surface area contributed by atoms with E-state index in [1.165, 1.54) is 0 Å². The monoisotopic (exact) mass is 357 g/mol. The van der Waals surface area contributed by atoms with E-state index in [2.05, 4.69) is 15.1 Å². The van der Waals surface area contributed by atoms with Crippen LogP contribution in [-0.4, -0.2) is 61.9 Å². The van der Waals surface area contributed by atoms with Gasteiger partial charge in [-0.25, -0.2) is 0 Å². The number of hydrogen-bond donors (Lipinski definition) is 0. The fourth-order valence-electron chi connectivity index (χ4n) is 3.17. The fraction of sp³-hybridized carbons (Fsp3) is 0.500. The number of rotatable bonds is 5. The Bertz CT molecular complexity index is 787. The van der Waals surface area contributed by atoms with Crippen LogP contribution in [-0.2, 0) is 16.0 Å². The zero-order chi connectivity index (χ0) is 18.7. The van der Waals surface area contributed by atoms with Gasteiger partial charge in [-0.2, -0.15) is 4.98 Å². The second kappa shape index (κ2) is 7.23.